The lowest BCUT2D eigenvalue weighted by Gasteiger charge is -2.43. The standard InChI is InChI=1S/C14H21ClN2O/c1-14(2)10-16-6-7-17(14)9-11-8-12(15)4-5-13(11)18-3/h4-5,8,16H,6-7,9-10H2,1-3H3. The number of nitrogens with zero attached hydrogens (tertiary/aromatic N) is 1. The molecule has 0 amide bonds. The van der Waals surface area contributed by atoms with Crippen LogP contribution < -0.4 is 10.1 Å². The largest absolute Gasteiger partial charge is 0.496 e. The van der Waals surface area contributed by atoms with Gasteiger partial charge in [0.15, 0.2) is 0 Å². The Labute approximate surface area is 114 Å². The number of methoxy groups -OCH3 is 1. The summed E-state index contributed by atoms with van der Waals surface area (Å²) in [4.78, 5) is 2.47. The molecule has 1 N–H and O–H groups in total. The molecule has 0 aliphatic carbocycles. The maximum atomic E-state index is 6.08. The van der Waals surface area contributed by atoms with Crippen molar-refractivity contribution in [3.05, 3.63) is 28.8 Å². The van der Waals surface area contributed by atoms with E-state index in [0.717, 1.165) is 42.5 Å². The SMILES string of the molecule is COc1ccc(Cl)cc1CN1CCNCC1(C)C. The molecule has 1 aromatic rings. The predicted molar refractivity (Wildman–Crippen MR) is 75.4 cm³/mol. The summed E-state index contributed by atoms with van der Waals surface area (Å²) in [5.41, 5.74) is 1.31. The van der Waals surface area contributed by atoms with Crippen molar-refractivity contribution in [2.24, 2.45) is 0 Å². The monoisotopic (exact) mass is 268 g/mol. The second kappa shape index (κ2) is 5.47. The minimum atomic E-state index is 0.158. The van der Waals surface area contributed by atoms with Gasteiger partial charge in [0.1, 0.15) is 5.75 Å². The Bertz CT molecular complexity index is 420. The first-order valence-electron chi connectivity index (χ1n) is 6.31. The van der Waals surface area contributed by atoms with Gasteiger partial charge in [0.05, 0.1) is 7.11 Å². The lowest BCUT2D eigenvalue weighted by molar-refractivity contribution is 0.0819. The van der Waals surface area contributed by atoms with Gasteiger partial charge in [-0.15, -0.1) is 0 Å². The van der Waals surface area contributed by atoms with E-state index < -0.39 is 0 Å². The Balaban J connectivity index is 2.19. The van der Waals surface area contributed by atoms with Crippen molar-refractivity contribution in [2.75, 3.05) is 26.7 Å². The third kappa shape index (κ3) is 2.97. The van der Waals surface area contributed by atoms with Crippen LogP contribution in [0.3, 0.4) is 0 Å². The Kier molecular flexibility index (Phi) is 4.15. The molecular formula is C14H21ClN2O. The number of halogens is 1. The van der Waals surface area contributed by atoms with Gasteiger partial charge in [0.2, 0.25) is 0 Å². The smallest absolute Gasteiger partial charge is 0.123 e. The zero-order valence-electron chi connectivity index (χ0n) is 11.3. The van der Waals surface area contributed by atoms with Crippen LogP contribution in [-0.2, 0) is 6.54 Å². The number of nitrogens with one attached hydrogen (secondary N) is 1. The molecule has 3 nitrogen and oxygen atoms in total. The topological polar surface area (TPSA) is 24.5 Å². The molecule has 4 heteroatoms. The van der Waals surface area contributed by atoms with Gasteiger partial charge in [0.25, 0.3) is 0 Å². The Morgan fingerprint density at radius 2 is 2.22 bits per heavy atom. The summed E-state index contributed by atoms with van der Waals surface area (Å²) in [6.45, 7) is 8.48. The molecule has 100 valence electrons. The first-order valence-corrected chi connectivity index (χ1v) is 6.69. The Morgan fingerprint density at radius 1 is 1.44 bits per heavy atom. The highest BCUT2D eigenvalue weighted by Gasteiger charge is 2.29. The fourth-order valence-corrected chi connectivity index (χ4v) is 2.59. The molecule has 18 heavy (non-hydrogen) atoms. The van der Waals surface area contributed by atoms with Gasteiger partial charge in [-0.05, 0) is 32.0 Å². The molecule has 0 aromatic heterocycles. The molecule has 1 aliphatic rings. The van der Waals surface area contributed by atoms with E-state index in [-0.39, 0.29) is 5.54 Å². The minimum Gasteiger partial charge on any atom is -0.496 e. The van der Waals surface area contributed by atoms with Crippen molar-refractivity contribution < 1.29 is 4.74 Å². The Morgan fingerprint density at radius 3 is 2.89 bits per heavy atom. The van der Waals surface area contributed by atoms with E-state index in [9.17, 15) is 0 Å². The highest BCUT2D eigenvalue weighted by Crippen LogP contribution is 2.27. The van der Waals surface area contributed by atoms with Gasteiger partial charge in [0, 0.05) is 42.3 Å². The van der Waals surface area contributed by atoms with Gasteiger partial charge < -0.3 is 10.1 Å². The van der Waals surface area contributed by atoms with E-state index in [1.165, 1.54) is 0 Å². The molecule has 1 fully saturated rings. The van der Waals surface area contributed by atoms with Gasteiger partial charge in [-0.2, -0.15) is 0 Å². The number of rotatable bonds is 3. The molecule has 1 saturated heterocycles. The van der Waals surface area contributed by atoms with E-state index in [4.69, 9.17) is 16.3 Å². The van der Waals surface area contributed by atoms with E-state index in [0.29, 0.717) is 0 Å². The maximum absolute atomic E-state index is 6.08. The normalized spacial score (nSPS) is 19.8. The van der Waals surface area contributed by atoms with Crippen molar-refractivity contribution in [1.29, 1.82) is 0 Å². The molecule has 0 bridgehead atoms. The van der Waals surface area contributed by atoms with Crippen LogP contribution >= 0.6 is 11.6 Å². The molecule has 0 unspecified atom stereocenters. The lowest BCUT2D eigenvalue weighted by atomic mass is 9.99. The first kappa shape index (κ1) is 13.7. The second-order valence-electron chi connectivity index (χ2n) is 5.37. The van der Waals surface area contributed by atoms with Crippen molar-refractivity contribution in [1.82, 2.24) is 10.2 Å². The molecule has 1 aromatic carbocycles. The van der Waals surface area contributed by atoms with Crippen LogP contribution in [0.1, 0.15) is 19.4 Å². The molecule has 1 heterocycles. The van der Waals surface area contributed by atoms with Crippen LogP contribution in [0.4, 0.5) is 0 Å². The van der Waals surface area contributed by atoms with Crippen LogP contribution in [0.15, 0.2) is 18.2 Å². The summed E-state index contributed by atoms with van der Waals surface area (Å²) in [5, 5.41) is 4.19. The maximum Gasteiger partial charge on any atom is 0.123 e. The van der Waals surface area contributed by atoms with Crippen molar-refractivity contribution in [3.63, 3.8) is 0 Å². The summed E-state index contributed by atoms with van der Waals surface area (Å²) in [7, 11) is 1.70. The van der Waals surface area contributed by atoms with Crippen LogP contribution in [0.5, 0.6) is 5.75 Å². The van der Waals surface area contributed by atoms with E-state index >= 15 is 0 Å². The predicted octanol–water partition coefficient (Wildman–Crippen LogP) is 2.53. The molecule has 0 spiro atoms. The molecule has 0 atom stereocenters. The molecular weight excluding hydrogens is 248 g/mol. The highest BCUT2D eigenvalue weighted by atomic mass is 35.5. The number of ether oxygens (including phenoxy) is 1. The van der Waals surface area contributed by atoms with E-state index in [2.05, 4.69) is 24.1 Å². The van der Waals surface area contributed by atoms with Crippen LogP contribution in [0, 0.1) is 0 Å². The summed E-state index contributed by atoms with van der Waals surface area (Å²) >= 11 is 6.08. The summed E-state index contributed by atoms with van der Waals surface area (Å²) in [5.74, 6) is 0.911. The Hall–Kier alpha value is -0.770. The minimum absolute atomic E-state index is 0.158. The summed E-state index contributed by atoms with van der Waals surface area (Å²) in [6, 6.07) is 5.80. The van der Waals surface area contributed by atoms with Crippen molar-refractivity contribution in [3.8, 4) is 5.75 Å². The zero-order valence-corrected chi connectivity index (χ0v) is 12.0. The van der Waals surface area contributed by atoms with Crippen LogP contribution in [-0.4, -0.2) is 37.2 Å². The van der Waals surface area contributed by atoms with Crippen molar-refractivity contribution in [2.45, 2.75) is 25.9 Å². The number of hydrogen-bond donors (Lipinski definition) is 1. The van der Waals surface area contributed by atoms with Gasteiger partial charge in [-0.3, -0.25) is 4.90 Å². The summed E-state index contributed by atoms with van der Waals surface area (Å²) < 4.78 is 5.41. The number of piperazine rings is 1. The molecule has 0 saturated carbocycles. The molecule has 2 rings (SSSR count). The molecule has 0 radical (unpaired) electrons. The average Bonchev–Trinajstić information content (AvgIpc) is 2.32. The lowest BCUT2D eigenvalue weighted by Crippen LogP contribution is -2.57. The first-order chi connectivity index (χ1) is 8.53. The van der Waals surface area contributed by atoms with Gasteiger partial charge in [-0.1, -0.05) is 11.6 Å². The van der Waals surface area contributed by atoms with Crippen LogP contribution in [0.25, 0.3) is 0 Å². The van der Waals surface area contributed by atoms with Gasteiger partial charge in [-0.25, -0.2) is 0 Å². The fourth-order valence-electron chi connectivity index (χ4n) is 2.39. The third-order valence-corrected chi connectivity index (χ3v) is 3.81. The second-order valence-corrected chi connectivity index (χ2v) is 5.80. The van der Waals surface area contributed by atoms with Gasteiger partial charge >= 0.3 is 0 Å². The third-order valence-electron chi connectivity index (χ3n) is 3.58. The summed E-state index contributed by atoms with van der Waals surface area (Å²) in [6.07, 6.45) is 0. The van der Waals surface area contributed by atoms with E-state index in [1.807, 2.05) is 18.2 Å². The fraction of sp³-hybridized carbons (Fsp3) is 0.571. The molecule has 1 aliphatic heterocycles. The number of benzene rings is 1. The average molecular weight is 269 g/mol. The zero-order chi connectivity index (χ0) is 13.2. The van der Waals surface area contributed by atoms with E-state index in [1.54, 1.807) is 7.11 Å². The van der Waals surface area contributed by atoms with Crippen molar-refractivity contribution >= 4 is 11.6 Å². The number of hydrogen-bond acceptors (Lipinski definition) is 3. The quantitative estimate of drug-likeness (QED) is 0.912. The van der Waals surface area contributed by atoms with Crippen LogP contribution in [0.2, 0.25) is 5.02 Å². The highest BCUT2D eigenvalue weighted by molar-refractivity contribution is 6.30.